The monoisotopic (exact) mass is 513 g/mol. The van der Waals surface area contributed by atoms with Gasteiger partial charge in [-0.1, -0.05) is 48.0 Å². The SMILES string of the molecule is CCCC(=O)C(C)[C@H](C[C@H](CC[C@@H](C)CC)OOC(C)CC(CC)N(C)C)O[C@H]1CC(C)CC(C)O1. The molecule has 0 aliphatic carbocycles. The number of carbonyl (C=O) groups excluding carboxylic acids is 1. The quantitative estimate of drug-likeness (QED) is 0.135. The zero-order valence-electron chi connectivity index (χ0n) is 25.3. The van der Waals surface area contributed by atoms with E-state index >= 15 is 0 Å². The first-order valence-electron chi connectivity index (χ1n) is 14.8. The van der Waals surface area contributed by atoms with E-state index in [-0.39, 0.29) is 42.4 Å². The van der Waals surface area contributed by atoms with E-state index in [0.717, 1.165) is 51.4 Å². The van der Waals surface area contributed by atoms with Gasteiger partial charge >= 0.3 is 0 Å². The maximum absolute atomic E-state index is 12.9. The van der Waals surface area contributed by atoms with E-state index in [1.807, 2.05) is 6.92 Å². The minimum absolute atomic E-state index is 0.00894. The second-order valence-corrected chi connectivity index (χ2v) is 11.8. The van der Waals surface area contributed by atoms with Crippen molar-refractivity contribution in [2.24, 2.45) is 17.8 Å². The van der Waals surface area contributed by atoms with Crippen LogP contribution in [0.2, 0.25) is 0 Å². The van der Waals surface area contributed by atoms with Gasteiger partial charge in [0.15, 0.2) is 6.29 Å². The molecule has 9 atom stereocenters. The van der Waals surface area contributed by atoms with Crippen LogP contribution in [0.5, 0.6) is 0 Å². The van der Waals surface area contributed by atoms with Gasteiger partial charge in [0.05, 0.1) is 24.4 Å². The summed E-state index contributed by atoms with van der Waals surface area (Å²) in [4.78, 5) is 27.3. The van der Waals surface area contributed by atoms with E-state index in [4.69, 9.17) is 19.2 Å². The van der Waals surface area contributed by atoms with Crippen LogP contribution in [0.4, 0.5) is 0 Å². The molecule has 0 aromatic heterocycles. The van der Waals surface area contributed by atoms with Crippen LogP contribution < -0.4 is 0 Å². The molecule has 36 heavy (non-hydrogen) atoms. The van der Waals surface area contributed by atoms with E-state index in [9.17, 15) is 4.79 Å². The Balaban J connectivity index is 2.96. The first-order valence-corrected chi connectivity index (χ1v) is 14.8. The number of hydrogen-bond acceptors (Lipinski definition) is 6. The van der Waals surface area contributed by atoms with Crippen molar-refractivity contribution >= 4 is 5.78 Å². The molecule has 0 amide bonds. The molecule has 1 rings (SSSR count). The fourth-order valence-corrected chi connectivity index (χ4v) is 5.18. The molecule has 1 aliphatic rings. The molecule has 0 aromatic rings. The Kier molecular flexibility index (Phi) is 16.6. The van der Waals surface area contributed by atoms with Crippen molar-refractivity contribution in [3.63, 3.8) is 0 Å². The molecule has 1 heterocycles. The Morgan fingerprint density at radius 3 is 2.22 bits per heavy atom. The van der Waals surface area contributed by atoms with Crippen LogP contribution in [0.15, 0.2) is 0 Å². The summed E-state index contributed by atoms with van der Waals surface area (Å²) in [5.41, 5.74) is 0. The van der Waals surface area contributed by atoms with Gasteiger partial charge in [-0.05, 0) is 78.3 Å². The van der Waals surface area contributed by atoms with Crippen molar-refractivity contribution in [2.45, 2.75) is 156 Å². The van der Waals surface area contributed by atoms with Crippen LogP contribution in [0.3, 0.4) is 0 Å². The maximum atomic E-state index is 12.9. The average molecular weight is 514 g/mol. The first kappa shape index (κ1) is 33.5. The second-order valence-electron chi connectivity index (χ2n) is 11.8. The number of carbonyl (C=O) groups is 1. The van der Waals surface area contributed by atoms with Gasteiger partial charge in [0, 0.05) is 31.2 Å². The van der Waals surface area contributed by atoms with Crippen LogP contribution >= 0.6 is 0 Å². The van der Waals surface area contributed by atoms with Crippen LogP contribution in [0, 0.1) is 17.8 Å². The average Bonchev–Trinajstić information content (AvgIpc) is 2.82. The largest absolute Gasteiger partial charge is 0.350 e. The summed E-state index contributed by atoms with van der Waals surface area (Å²) in [6.07, 6.45) is 8.57. The van der Waals surface area contributed by atoms with Crippen LogP contribution in [0.25, 0.3) is 0 Å². The molecule has 0 aromatic carbocycles. The summed E-state index contributed by atoms with van der Waals surface area (Å²) < 4.78 is 12.7. The van der Waals surface area contributed by atoms with Crippen LogP contribution in [-0.2, 0) is 24.0 Å². The molecule has 1 fully saturated rings. The summed E-state index contributed by atoms with van der Waals surface area (Å²) in [5.74, 6) is 1.22. The third kappa shape index (κ3) is 12.8. The fourth-order valence-electron chi connectivity index (χ4n) is 5.18. The predicted octanol–water partition coefficient (Wildman–Crippen LogP) is 7.19. The Morgan fingerprint density at radius 2 is 1.67 bits per heavy atom. The summed E-state index contributed by atoms with van der Waals surface area (Å²) in [6.45, 7) is 17.2. The molecular weight excluding hydrogens is 454 g/mol. The highest BCUT2D eigenvalue weighted by Gasteiger charge is 2.34. The lowest BCUT2D eigenvalue weighted by molar-refractivity contribution is -0.356. The molecule has 0 spiro atoms. The third-order valence-corrected chi connectivity index (χ3v) is 7.94. The fraction of sp³-hybridized carbons (Fsp3) is 0.967. The van der Waals surface area contributed by atoms with E-state index in [1.54, 1.807) is 0 Å². The molecule has 1 aliphatic heterocycles. The number of ether oxygens (including phenoxy) is 2. The van der Waals surface area contributed by atoms with Gasteiger partial charge in [0.2, 0.25) is 0 Å². The molecular formula is C30H59NO5. The second kappa shape index (κ2) is 17.9. The Morgan fingerprint density at radius 1 is 0.972 bits per heavy atom. The van der Waals surface area contributed by atoms with Crippen molar-refractivity contribution < 1.29 is 24.0 Å². The molecule has 1 saturated heterocycles. The highest BCUT2D eigenvalue weighted by atomic mass is 17.2. The van der Waals surface area contributed by atoms with Gasteiger partial charge in [-0.15, -0.1) is 0 Å². The molecule has 5 unspecified atom stereocenters. The molecule has 0 radical (unpaired) electrons. The lowest BCUT2D eigenvalue weighted by atomic mass is 9.90. The third-order valence-electron chi connectivity index (χ3n) is 7.94. The van der Waals surface area contributed by atoms with E-state index in [0.29, 0.717) is 30.7 Å². The smallest absolute Gasteiger partial charge is 0.158 e. The number of hydrogen-bond donors (Lipinski definition) is 0. The molecule has 6 nitrogen and oxygen atoms in total. The zero-order chi connectivity index (χ0) is 27.3. The topological polar surface area (TPSA) is 57.2 Å². The summed E-state index contributed by atoms with van der Waals surface area (Å²) in [5, 5.41) is 0. The van der Waals surface area contributed by atoms with E-state index < -0.39 is 0 Å². The zero-order valence-corrected chi connectivity index (χ0v) is 25.3. The molecule has 214 valence electrons. The van der Waals surface area contributed by atoms with E-state index in [1.165, 1.54) is 0 Å². The predicted molar refractivity (Wildman–Crippen MR) is 148 cm³/mol. The number of Topliss-reactive ketones (excluding diaryl/α,β-unsaturated/α-hetero) is 1. The van der Waals surface area contributed by atoms with Gasteiger partial charge in [-0.2, -0.15) is 0 Å². The summed E-state index contributed by atoms with van der Waals surface area (Å²) in [7, 11) is 4.23. The highest BCUT2D eigenvalue weighted by molar-refractivity contribution is 5.81. The Labute approximate surface area is 223 Å². The Bertz CT molecular complexity index is 576. The van der Waals surface area contributed by atoms with Gasteiger partial charge in [-0.25, -0.2) is 9.78 Å². The maximum Gasteiger partial charge on any atom is 0.158 e. The van der Waals surface area contributed by atoms with E-state index in [2.05, 4.69) is 67.5 Å². The van der Waals surface area contributed by atoms with Crippen molar-refractivity contribution in [1.82, 2.24) is 4.90 Å². The van der Waals surface area contributed by atoms with Crippen molar-refractivity contribution in [3.8, 4) is 0 Å². The first-order chi connectivity index (χ1) is 17.0. The van der Waals surface area contributed by atoms with Crippen molar-refractivity contribution in [3.05, 3.63) is 0 Å². The standard InChI is InChI=1S/C30H59NO5/c1-11-14-28(32)25(8)29(34-30-18-22(5)17-23(6)33-30)20-27(16-15-21(4)12-2)36-35-24(7)19-26(13-3)31(9)10/h21-27,29-30H,11-20H2,1-10H3/t21-,22?,23?,24?,25?,26?,27-,29-,30-/m0/s1. The number of rotatable bonds is 19. The van der Waals surface area contributed by atoms with Crippen LogP contribution in [0.1, 0.15) is 120 Å². The molecule has 6 heteroatoms. The molecule has 0 N–H and O–H groups in total. The van der Waals surface area contributed by atoms with Gasteiger partial charge in [0.25, 0.3) is 0 Å². The minimum Gasteiger partial charge on any atom is -0.350 e. The minimum atomic E-state index is -0.272. The number of nitrogens with zero attached hydrogens (tertiary/aromatic N) is 1. The van der Waals surface area contributed by atoms with Crippen molar-refractivity contribution in [2.75, 3.05) is 14.1 Å². The van der Waals surface area contributed by atoms with Gasteiger partial charge < -0.3 is 14.4 Å². The summed E-state index contributed by atoms with van der Waals surface area (Å²) in [6, 6.07) is 0.456. The van der Waals surface area contributed by atoms with Crippen LogP contribution in [-0.4, -0.2) is 61.5 Å². The molecule has 0 saturated carbocycles. The normalized spacial score (nSPS) is 25.8. The van der Waals surface area contributed by atoms with Gasteiger partial charge in [0.1, 0.15) is 5.78 Å². The summed E-state index contributed by atoms with van der Waals surface area (Å²) >= 11 is 0. The van der Waals surface area contributed by atoms with Gasteiger partial charge in [-0.3, -0.25) is 4.79 Å². The highest BCUT2D eigenvalue weighted by Crippen LogP contribution is 2.30. The molecule has 0 bridgehead atoms. The lowest BCUT2D eigenvalue weighted by Gasteiger charge is -2.36. The lowest BCUT2D eigenvalue weighted by Crippen LogP contribution is -2.40. The Hall–Kier alpha value is -0.530. The number of ketones is 1. The van der Waals surface area contributed by atoms with Crippen molar-refractivity contribution in [1.29, 1.82) is 0 Å².